The van der Waals surface area contributed by atoms with Crippen molar-refractivity contribution in [1.29, 1.82) is 0 Å². The first-order chi connectivity index (χ1) is 7.97. The predicted octanol–water partition coefficient (Wildman–Crippen LogP) is 3.33. The van der Waals surface area contributed by atoms with Gasteiger partial charge in [0.1, 0.15) is 0 Å². The molecule has 0 amide bonds. The SMILES string of the molecule is C=Cc1cc2c(cc1S)C(=O)C(C)=C(C)C2=O. The van der Waals surface area contributed by atoms with Crippen LogP contribution in [0.1, 0.15) is 40.1 Å². The van der Waals surface area contributed by atoms with Crippen LogP contribution in [0.5, 0.6) is 0 Å². The third kappa shape index (κ3) is 1.67. The highest BCUT2D eigenvalue weighted by Gasteiger charge is 2.28. The summed E-state index contributed by atoms with van der Waals surface area (Å²) in [6, 6.07) is 3.33. The summed E-state index contributed by atoms with van der Waals surface area (Å²) in [6.07, 6.45) is 1.63. The second-order valence-electron chi connectivity index (χ2n) is 4.07. The maximum absolute atomic E-state index is 12.1. The van der Waals surface area contributed by atoms with Crippen molar-refractivity contribution in [3.05, 3.63) is 46.5 Å². The van der Waals surface area contributed by atoms with Crippen LogP contribution in [0.25, 0.3) is 6.08 Å². The molecule has 0 heterocycles. The van der Waals surface area contributed by atoms with Gasteiger partial charge in [-0.1, -0.05) is 12.7 Å². The third-order valence-electron chi connectivity index (χ3n) is 3.12. The Morgan fingerprint density at radius 2 is 1.53 bits per heavy atom. The van der Waals surface area contributed by atoms with E-state index in [-0.39, 0.29) is 11.6 Å². The lowest BCUT2D eigenvalue weighted by Crippen LogP contribution is -2.19. The largest absolute Gasteiger partial charge is 0.289 e. The summed E-state index contributed by atoms with van der Waals surface area (Å²) in [6.45, 7) is 7.02. The van der Waals surface area contributed by atoms with Gasteiger partial charge in [-0.2, -0.15) is 0 Å². The third-order valence-corrected chi connectivity index (χ3v) is 3.51. The van der Waals surface area contributed by atoms with Gasteiger partial charge in [0.15, 0.2) is 11.6 Å². The van der Waals surface area contributed by atoms with E-state index in [1.807, 2.05) is 0 Å². The van der Waals surface area contributed by atoms with Gasteiger partial charge in [-0.05, 0) is 31.5 Å². The van der Waals surface area contributed by atoms with Crippen molar-refractivity contribution >= 4 is 30.3 Å². The molecule has 0 bridgehead atoms. The number of hydrogen-bond acceptors (Lipinski definition) is 3. The molecular formula is C14H12O2S. The molecule has 1 aromatic carbocycles. The Kier molecular flexibility index (Phi) is 2.79. The Bertz CT molecular complexity index is 594. The highest BCUT2D eigenvalue weighted by Crippen LogP contribution is 2.30. The molecule has 1 aromatic rings. The van der Waals surface area contributed by atoms with Crippen LogP contribution in [-0.4, -0.2) is 11.6 Å². The van der Waals surface area contributed by atoms with Crippen LogP contribution in [0.4, 0.5) is 0 Å². The predicted molar refractivity (Wildman–Crippen MR) is 70.8 cm³/mol. The molecule has 0 unspecified atom stereocenters. The van der Waals surface area contributed by atoms with Crippen molar-refractivity contribution in [3.63, 3.8) is 0 Å². The monoisotopic (exact) mass is 244 g/mol. The smallest absolute Gasteiger partial charge is 0.189 e. The summed E-state index contributed by atoms with van der Waals surface area (Å²) in [4.78, 5) is 24.8. The van der Waals surface area contributed by atoms with Crippen molar-refractivity contribution in [2.75, 3.05) is 0 Å². The normalized spacial score (nSPS) is 15.0. The van der Waals surface area contributed by atoms with Gasteiger partial charge in [-0.25, -0.2) is 0 Å². The zero-order valence-electron chi connectivity index (χ0n) is 9.70. The number of hydrogen-bond donors (Lipinski definition) is 1. The Balaban J connectivity index is 2.77. The molecule has 0 saturated heterocycles. The van der Waals surface area contributed by atoms with E-state index < -0.39 is 0 Å². The van der Waals surface area contributed by atoms with Gasteiger partial charge in [-0.15, -0.1) is 12.6 Å². The molecule has 0 atom stereocenters. The zero-order valence-corrected chi connectivity index (χ0v) is 10.6. The van der Waals surface area contributed by atoms with Crippen LogP contribution in [0, 0.1) is 0 Å². The maximum atomic E-state index is 12.1. The Labute approximate surface area is 105 Å². The number of carbonyl (C=O) groups excluding carboxylic acids is 2. The topological polar surface area (TPSA) is 34.1 Å². The second kappa shape index (κ2) is 4.00. The molecule has 0 fully saturated rings. The molecule has 2 nitrogen and oxygen atoms in total. The second-order valence-corrected chi connectivity index (χ2v) is 4.55. The van der Waals surface area contributed by atoms with Crippen molar-refractivity contribution in [2.24, 2.45) is 0 Å². The van der Waals surface area contributed by atoms with Crippen molar-refractivity contribution < 1.29 is 9.59 Å². The molecule has 0 saturated carbocycles. The van der Waals surface area contributed by atoms with Gasteiger partial charge >= 0.3 is 0 Å². The first-order valence-corrected chi connectivity index (χ1v) is 5.68. The molecule has 3 heteroatoms. The molecule has 0 aliphatic heterocycles. The van der Waals surface area contributed by atoms with Crippen LogP contribution < -0.4 is 0 Å². The number of allylic oxidation sites excluding steroid dienone is 2. The van der Waals surface area contributed by atoms with Crippen LogP contribution >= 0.6 is 12.6 Å². The fourth-order valence-electron chi connectivity index (χ4n) is 1.89. The van der Waals surface area contributed by atoms with E-state index in [4.69, 9.17) is 0 Å². The molecular weight excluding hydrogens is 232 g/mol. The summed E-state index contributed by atoms with van der Waals surface area (Å²) < 4.78 is 0. The van der Waals surface area contributed by atoms with Gasteiger partial charge < -0.3 is 0 Å². The van der Waals surface area contributed by atoms with E-state index in [0.29, 0.717) is 27.2 Å². The summed E-state index contributed by atoms with van der Waals surface area (Å²) in [7, 11) is 0. The number of carbonyl (C=O) groups is 2. The van der Waals surface area contributed by atoms with Crippen molar-refractivity contribution in [1.82, 2.24) is 0 Å². The van der Waals surface area contributed by atoms with Gasteiger partial charge in [0.25, 0.3) is 0 Å². The molecule has 0 spiro atoms. The summed E-state index contributed by atoms with van der Waals surface area (Å²) in [5, 5.41) is 0. The average Bonchev–Trinajstić information content (AvgIpc) is 2.33. The van der Waals surface area contributed by atoms with E-state index in [1.165, 1.54) is 0 Å². The number of Topliss-reactive ketones (excluding diaryl/α,β-unsaturated/α-hetero) is 2. The van der Waals surface area contributed by atoms with Crippen LogP contribution in [0.3, 0.4) is 0 Å². The minimum atomic E-state index is -0.0944. The molecule has 0 radical (unpaired) electrons. The van der Waals surface area contributed by atoms with Crippen molar-refractivity contribution in [3.8, 4) is 0 Å². The highest BCUT2D eigenvalue weighted by molar-refractivity contribution is 7.80. The number of rotatable bonds is 1. The molecule has 0 N–H and O–H groups in total. The minimum Gasteiger partial charge on any atom is -0.289 e. The minimum absolute atomic E-state index is 0.0893. The van der Waals surface area contributed by atoms with E-state index in [2.05, 4.69) is 19.2 Å². The molecule has 17 heavy (non-hydrogen) atoms. The standard InChI is InChI=1S/C14H12O2S/c1-4-9-5-10-11(6-12(9)17)14(16)8(3)7(2)13(10)15/h4-6,17H,1H2,2-3H3. The fourth-order valence-corrected chi connectivity index (χ4v) is 2.17. The lowest BCUT2D eigenvalue weighted by molar-refractivity contribution is 0.0974. The summed E-state index contributed by atoms with van der Waals surface area (Å²) >= 11 is 4.28. The van der Waals surface area contributed by atoms with Crippen molar-refractivity contribution in [2.45, 2.75) is 18.7 Å². The first-order valence-electron chi connectivity index (χ1n) is 5.23. The summed E-state index contributed by atoms with van der Waals surface area (Å²) in [5.74, 6) is -0.184. The Morgan fingerprint density at radius 3 is 2.00 bits per heavy atom. The van der Waals surface area contributed by atoms with Gasteiger partial charge in [0.2, 0.25) is 0 Å². The van der Waals surface area contributed by atoms with Gasteiger partial charge in [0.05, 0.1) is 0 Å². The lowest BCUT2D eigenvalue weighted by Gasteiger charge is -2.18. The number of fused-ring (bicyclic) bond motifs is 1. The van der Waals surface area contributed by atoms with Crippen LogP contribution in [0.15, 0.2) is 34.8 Å². The van der Waals surface area contributed by atoms with Gasteiger partial charge in [0, 0.05) is 27.2 Å². The molecule has 0 aromatic heterocycles. The molecule has 86 valence electrons. The average molecular weight is 244 g/mol. The maximum Gasteiger partial charge on any atom is 0.189 e. The summed E-state index contributed by atoms with van der Waals surface area (Å²) in [5.41, 5.74) is 2.69. The van der Waals surface area contributed by atoms with E-state index >= 15 is 0 Å². The molecule has 1 aliphatic carbocycles. The lowest BCUT2D eigenvalue weighted by atomic mass is 9.84. The fraction of sp³-hybridized carbons (Fsp3) is 0.143. The van der Waals surface area contributed by atoms with Crippen LogP contribution in [0.2, 0.25) is 0 Å². The van der Waals surface area contributed by atoms with Gasteiger partial charge in [-0.3, -0.25) is 9.59 Å². The zero-order chi connectivity index (χ0) is 12.7. The number of ketones is 2. The first kappa shape index (κ1) is 11.9. The molecule has 2 rings (SSSR count). The Morgan fingerprint density at radius 1 is 1.06 bits per heavy atom. The number of thiol groups is 1. The Hall–Kier alpha value is -1.61. The van der Waals surface area contributed by atoms with E-state index in [9.17, 15) is 9.59 Å². The molecule has 1 aliphatic rings. The van der Waals surface area contributed by atoms with E-state index in [1.54, 1.807) is 32.1 Å². The number of benzene rings is 1. The van der Waals surface area contributed by atoms with Crippen LogP contribution in [-0.2, 0) is 0 Å². The van der Waals surface area contributed by atoms with E-state index in [0.717, 1.165) is 5.56 Å². The highest BCUT2D eigenvalue weighted by atomic mass is 32.1. The quantitative estimate of drug-likeness (QED) is 0.769.